The van der Waals surface area contributed by atoms with Gasteiger partial charge in [-0.1, -0.05) is 0 Å². The van der Waals surface area contributed by atoms with E-state index in [4.69, 9.17) is 37.6 Å². The van der Waals surface area contributed by atoms with E-state index < -0.39 is 12.0 Å². The summed E-state index contributed by atoms with van der Waals surface area (Å²) in [6.07, 6.45) is 1.82. The van der Waals surface area contributed by atoms with Gasteiger partial charge in [0.15, 0.2) is 5.96 Å². The van der Waals surface area contributed by atoms with E-state index in [-0.39, 0.29) is 24.0 Å². The van der Waals surface area contributed by atoms with E-state index in [1.165, 1.54) is 14.2 Å². The Balaban J connectivity index is 0.000000496. The van der Waals surface area contributed by atoms with Crippen molar-refractivity contribution >= 4 is 17.8 Å². The molecule has 1 saturated heterocycles. The zero-order valence-electron chi connectivity index (χ0n) is 14.8. The Morgan fingerprint density at radius 2 is 2.08 bits per heavy atom. The van der Waals surface area contributed by atoms with Gasteiger partial charge < -0.3 is 32.8 Å². The number of carbonyl (C=O) groups is 2. The average molecular weight is 362 g/mol. The summed E-state index contributed by atoms with van der Waals surface area (Å²) >= 11 is 0. The maximum atomic E-state index is 11.4. The van der Waals surface area contributed by atoms with Gasteiger partial charge in [-0.05, 0) is 19.3 Å². The van der Waals surface area contributed by atoms with E-state index in [9.17, 15) is 9.59 Å². The van der Waals surface area contributed by atoms with Crippen molar-refractivity contribution in [2.24, 2.45) is 33.8 Å². The molecular weight excluding hydrogens is 332 g/mol. The topological polar surface area (TPSA) is 193 Å². The Morgan fingerprint density at radius 3 is 2.52 bits per heavy atom. The third kappa shape index (κ3) is 10.5. The number of hydrogen-bond donors (Lipinski definition) is 5. The van der Waals surface area contributed by atoms with Crippen LogP contribution in [0.5, 0.6) is 0 Å². The fourth-order valence-electron chi connectivity index (χ4n) is 2.02. The lowest BCUT2D eigenvalue weighted by atomic mass is 9.99. The zero-order valence-corrected chi connectivity index (χ0v) is 14.8. The van der Waals surface area contributed by atoms with Crippen molar-refractivity contribution < 1.29 is 24.3 Å². The summed E-state index contributed by atoms with van der Waals surface area (Å²) < 4.78 is 4.97. The molecule has 9 N–H and O–H groups in total. The highest BCUT2D eigenvalue weighted by atomic mass is 16.7. The number of likely N-dealkylation sites (N-methyl/N-ethyl adjacent to an activating group) is 1. The second kappa shape index (κ2) is 12.4. The van der Waals surface area contributed by atoms with E-state index in [1.54, 1.807) is 0 Å². The summed E-state index contributed by atoms with van der Waals surface area (Å²) in [7, 11) is 2.92. The highest BCUT2D eigenvalue weighted by molar-refractivity contribution is 5.80. The van der Waals surface area contributed by atoms with Gasteiger partial charge in [0.2, 0.25) is 0 Å². The highest BCUT2D eigenvalue weighted by Gasteiger charge is 2.25. The van der Waals surface area contributed by atoms with Gasteiger partial charge in [0.05, 0.1) is 19.1 Å². The third-order valence-electron chi connectivity index (χ3n) is 3.53. The smallest absolute Gasteiger partial charge is 0.306 e. The van der Waals surface area contributed by atoms with Gasteiger partial charge >= 0.3 is 5.97 Å². The lowest BCUT2D eigenvalue weighted by molar-refractivity contribution is -0.170. The number of rotatable bonds is 7. The predicted molar refractivity (Wildman–Crippen MR) is 92.0 cm³/mol. The normalized spacial score (nSPS) is 20.6. The summed E-state index contributed by atoms with van der Waals surface area (Å²) in [5, 5.41) is 9.65. The summed E-state index contributed by atoms with van der Waals surface area (Å²) in [5.74, 6) is -1.28. The second-order valence-corrected chi connectivity index (χ2v) is 5.54. The summed E-state index contributed by atoms with van der Waals surface area (Å²) in [6, 6.07) is -0.579. The van der Waals surface area contributed by atoms with Crippen LogP contribution in [0.2, 0.25) is 0 Å². The molecular formula is C14H30N6O5. The number of nitrogens with two attached hydrogens (primary N) is 4. The first-order valence-electron chi connectivity index (χ1n) is 7.91. The first-order chi connectivity index (χ1) is 11.7. The Bertz CT molecular complexity index is 443. The molecule has 0 aromatic heterocycles. The lowest BCUT2D eigenvalue weighted by Crippen LogP contribution is -2.41. The number of hydroxylamine groups is 2. The van der Waals surface area contributed by atoms with Crippen LogP contribution in [0.25, 0.3) is 0 Å². The second-order valence-electron chi connectivity index (χ2n) is 5.54. The molecule has 1 heterocycles. The van der Waals surface area contributed by atoms with Crippen molar-refractivity contribution in [3.8, 4) is 0 Å². The number of carbonyl (C=O) groups excluding carboxylic acids is 1. The van der Waals surface area contributed by atoms with Crippen molar-refractivity contribution in [3.63, 3.8) is 0 Å². The lowest BCUT2D eigenvalue weighted by Gasteiger charge is -2.23. The molecule has 1 fully saturated rings. The van der Waals surface area contributed by atoms with Crippen LogP contribution in [0, 0.1) is 5.92 Å². The van der Waals surface area contributed by atoms with Gasteiger partial charge in [-0.15, -0.1) is 0 Å². The van der Waals surface area contributed by atoms with Crippen molar-refractivity contribution in [2.75, 3.05) is 27.3 Å². The fourth-order valence-corrected chi connectivity index (χ4v) is 2.02. The largest absolute Gasteiger partial charge is 0.481 e. The molecule has 25 heavy (non-hydrogen) atoms. The van der Waals surface area contributed by atoms with E-state index >= 15 is 0 Å². The van der Waals surface area contributed by atoms with E-state index in [1.807, 2.05) is 0 Å². The van der Waals surface area contributed by atoms with E-state index in [0.29, 0.717) is 38.8 Å². The number of nitrogens with zero attached hydrogens (tertiary/aromatic N) is 2. The Hall–Kier alpha value is -1.95. The standard InChI is InChI=1S/C8H19N5O2.C6H11NO3/c1-13(15-2)7(14)6(9)4-3-5-12-8(10)11;7-5-3-4(6(8)9)1-2-10-5/h6H,3-5,9H2,1-2H3,(H4,10,11,12);4-5H,1-3,7H2,(H,8,9). The molecule has 0 radical (unpaired) electrons. The fraction of sp³-hybridized carbons (Fsp3) is 0.786. The minimum absolute atomic E-state index is 0.0453. The molecule has 0 saturated carbocycles. The van der Waals surface area contributed by atoms with Gasteiger partial charge in [0.25, 0.3) is 5.91 Å². The highest BCUT2D eigenvalue weighted by Crippen LogP contribution is 2.17. The number of carboxylic acids is 1. The van der Waals surface area contributed by atoms with E-state index in [0.717, 1.165) is 5.06 Å². The number of amides is 1. The molecule has 0 aromatic carbocycles. The van der Waals surface area contributed by atoms with Crippen LogP contribution in [-0.4, -0.2) is 67.6 Å². The first kappa shape index (κ1) is 23.1. The number of aliphatic carboxylic acids is 1. The Morgan fingerprint density at radius 1 is 1.44 bits per heavy atom. The summed E-state index contributed by atoms with van der Waals surface area (Å²) in [6.45, 7) is 0.943. The number of carboxylic acid groups (broad SMARTS) is 1. The molecule has 3 unspecified atom stereocenters. The maximum absolute atomic E-state index is 11.4. The molecule has 3 atom stereocenters. The van der Waals surface area contributed by atoms with Crippen LogP contribution in [0.1, 0.15) is 25.7 Å². The van der Waals surface area contributed by atoms with Crippen molar-refractivity contribution in [3.05, 3.63) is 0 Å². The van der Waals surface area contributed by atoms with Crippen LogP contribution < -0.4 is 22.9 Å². The molecule has 1 aliphatic heterocycles. The molecule has 0 bridgehead atoms. The number of guanidine groups is 1. The molecule has 0 aliphatic carbocycles. The average Bonchev–Trinajstić information content (AvgIpc) is 2.57. The molecule has 146 valence electrons. The van der Waals surface area contributed by atoms with Crippen LogP contribution in [0.4, 0.5) is 0 Å². The Kier molecular flexibility index (Phi) is 11.4. The minimum Gasteiger partial charge on any atom is -0.481 e. The van der Waals surface area contributed by atoms with Crippen LogP contribution in [0.15, 0.2) is 4.99 Å². The molecule has 1 aliphatic rings. The monoisotopic (exact) mass is 362 g/mol. The van der Waals surface area contributed by atoms with E-state index in [2.05, 4.69) is 4.99 Å². The van der Waals surface area contributed by atoms with Gasteiger partial charge in [0.1, 0.15) is 6.23 Å². The van der Waals surface area contributed by atoms with Gasteiger partial charge in [-0.3, -0.25) is 19.4 Å². The number of hydrogen-bond acceptors (Lipinski definition) is 7. The molecule has 0 aromatic rings. The Labute approximate surface area is 147 Å². The van der Waals surface area contributed by atoms with Crippen molar-refractivity contribution in [1.29, 1.82) is 0 Å². The molecule has 1 amide bonds. The maximum Gasteiger partial charge on any atom is 0.306 e. The van der Waals surface area contributed by atoms with Crippen molar-refractivity contribution in [2.45, 2.75) is 38.0 Å². The first-order valence-corrected chi connectivity index (χ1v) is 7.91. The summed E-state index contributed by atoms with van der Waals surface area (Å²) in [4.78, 5) is 30.3. The zero-order chi connectivity index (χ0) is 19.4. The van der Waals surface area contributed by atoms with Gasteiger partial charge in [-0.2, -0.15) is 0 Å². The van der Waals surface area contributed by atoms with Gasteiger partial charge in [0, 0.05) is 26.6 Å². The molecule has 11 heteroatoms. The molecule has 0 spiro atoms. The molecule has 11 nitrogen and oxygen atoms in total. The van der Waals surface area contributed by atoms with Gasteiger partial charge in [-0.25, -0.2) is 5.06 Å². The van der Waals surface area contributed by atoms with Crippen molar-refractivity contribution in [1.82, 2.24) is 5.06 Å². The number of aliphatic imine (C=N–C) groups is 1. The summed E-state index contributed by atoms with van der Waals surface area (Å²) in [5.41, 5.74) is 21.3. The molecule has 1 rings (SSSR count). The van der Waals surface area contributed by atoms with Crippen LogP contribution >= 0.6 is 0 Å². The SMILES string of the molecule is CON(C)C(=O)C(N)CCCN=C(N)N.NC1CC(C(=O)O)CCO1. The predicted octanol–water partition coefficient (Wildman–Crippen LogP) is -1.83. The third-order valence-corrected chi connectivity index (χ3v) is 3.53. The van der Waals surface area contributed by atoms with Crippen LogP contribution in [0.3, 0.4) is 0 Å². The minimum atomic E-state index is -0.765. The van der Waals surface area contributed by atoms with Crippen LogP contribution in [-0.2, 0) is 19.2 Å². The quantitative estimate of drug-likeness (QED) is 0.150. The number of ether oxygens (including phenoxy) is 1.